The van der Waals surface area contributed by atoms with E-state index in [0.29, 0.717) is 5.52 Å². The fourth-order valence-corrected chi connectivity index (χ4v) is 2.07. The number of aromatic nitrogens is 2. The Morgan fingerprint density at radius 3 is 2.71 bits per heavy atom. The van der Waals surface area contributed by atoms with Crippen molar-refractivity contribution < 1.29 is 9.50 Å². The van der Waals surface area contributed by atoms with Gasteiger partial charge in [0.1, 0.15) is 23.2 Å². The molecule has 0 aliphatic carbocycles. The molecular weight excluding hydrogens is 269 g/mol. The third-order valence-corrected chi connectivity index (χ3v) is 3.07. The number of benzene rings is 2. The minimum absolute atomic E-state index is 0.0307. The van der Waals surface area contributed by atoms with E-state index < -0.39 is 5.82 Å². The van der Waals surface area contributed by atoms with Crippen molar-refractivity contribution in [3.05, 3.63) is 65.7 Å². The van der Waals surface area contributed by atoms with Gasteiger partial charge in [0.25, 0.3) is 0 Å². The van der Waals surface area contributed by atoms with E-state index in [4.69, 9.17) is 0 Å². The van der Waals surface area contributed by atoms with E-state index >= 15 is 0 Å². The lowest BCUT2D eigenvalue weighted by atomic mass is 10.1. The number of halogens is 1. The van der Waals surface area contributed by atoms with Gasteiger partial charge >= 0.3 is 0 Å². The summed E-state index contributed by atoms with van der Waals surface area (Å²) in [6.07, 6.45) is 0. The summed E-state index contributed by atoms with van der Waals surface area (Å²) in [7, 11) is 0. The summed E-state index contributed by atoms with van der Waals surface area (Å²) in [5.41, 5.74) is 1.64. The Labute approximate surface area is 119 Å². The van der Waals surface area contributed by atoms with E-state index in [9.17, 15) is 14.8 Å². The van der Waals surface area contributed by atoms with Crippen molar-refractivity contribution >= 4 is 22.4 Å². The zero-order valence-electron chi connectivity index (χ0n) is 10.8. The van der Waals surface area contributed by atoms with Gasteiger partial charge in [-0.15, -0.1) is 0 Å². The van der Waals surface area contributed by atoms with Crippen LogP contribution in [0.4, 0.5) is 4.39 Å². The van der Waals surface area contributed by atoms with Crippen LogP contribution in [0.25, 0.3) is 22.4 Å². The third kappa shape index (κ3) is 2.35. The maximum atomic E-state index is 13.2. The van der Waals surface area contributed by atoms with Crippen LogP contribution in [0, 0.1) is 17.1 Å². The first kappa shape index (κ1) is 12.9. The fourth-order valence-electron chi connectivity index (χ4n) is 2.07. The summed E-state index contributed by atoms with van der Waals surface area (Å²) in [6, 6.07) is 14.6. The molecule has 0 unspecified atom stereocenters. The summed E-state index contributed by atoms with van der Waals surface area (Å²) in [5, 5.41) is 19.5. The number of rotatable bonds is 2. The quantitative estimate of drug-likeness (QED) is 0.555. The summed E-state index contributed by atoms with van der Waals surface area (Å²) in [6.45, 7) is 0. The van der Waals surface area contributed by atoms with Crippen molar-refractivity contribution in [2.45, 2.75) is 0 Å². The summed E-state index contributed by atoms with van der Waals surface area (Å²) >= 11 is 0. The van der Waals surface area contributed by atoms with Gasteiger partial charge in [0, 0.05) is 5.56 Å². The maximum Gasteiger partial charge on any atom is 0.153 e. The summed E-state index contributed by atoms with van der Waals surface area (Å²) in [5.74, 6) is -0.544. The summed E-state index contributed by atoms with van der Waals surface area (Å²) < 4.78 is 13.2. The largest absolute Gasteiger partial charge is 0.506 e. The highest BCUT2D eigenvalue weighted by atomic mass is 19.1. The molecule has 0 amide bonds. The molecule has 5 heteroatoms. The van der Waals surface area contributed by atoms with E-state index in [1.165, 1.54) is 18.2 Å². The lowest BCUT2D eigenvalue weighted by molar-refractivity contribution is 0.512. The molecular formula is C16H10FN3O. The Bertz CT molecular complexity index is 857. The fraction of sp³-hybridized carbons (Fsp3) is 0. The monoisotopic (exact) mass is 279 g/mol. The van der Waals surface area contributed by atoms with Crippen molar-refractivity contribution in [2.24, 2.45) is 0 Å². The second kappa shape index (κ2) is 5.10. The molecule has 0 aliphatic heterocycles. The number of nitrogens with one attached hydrogen (secondary N) is 1. The second-order valence-electron chi connectivity index (χ2n) is 4.45. The molecule has 3 rings (SSSR count). The van der Waals surface area contributed by atoms with Crippen LogP contribution in [-0.2, 0) is 0 Å². The Balaban J connectivity index is 2.17. The van der Waals surface area contributed by atoms with E-state index in [0.717, 1.165) is 11.6 Å². The Morgan fingerprint density at radius 2 is 2.00 bits per heavy atom. The van der Waals surface area contributed by atoms with Crippen LogP contribution >= 0.6 is 0 Å². The molecule has 1 heterocycles. The first-order valence-electron chi connectivity index (χ1n) is 6.23. The Morgan fingerprint density at radius 1 is 1.19 bits per heavy atom. The van der Waals surface area contributed by atoms with Crippen LogP contribution in [0.5, 0.6) is 0 Å². The zero-order valence-corrected chi connectivity index (χ0v) is 10.8. The SMILES string of the molecule is N#C/C(=C(\O)c1cccc(F)c1)c1nc2ccccc2[nH]1. The van der Waals surface area contributed by atoms with E-state index in [1.807, 2.05) is 24.3 Å². The minimum atomic E-state index is -0.485. The average molecular weight is 279 g/mol. The van der Waals surface area contributed by atoms with Crippen molar-refractivity contribution in [2.75, 3.05) is 0 Å². The minimum Gasteiger partial charge on any atom is -0.506 e. The number of aromatic amines is 1. The lowest BCUT2D eigenvalue weighted by Crippen LogP contribution is -1.93. The number of H-pyrrole nitrogens is 1. The number of imidazole rings is 1. The highest BCUT2D eigenvalue weighted by Gasteiger charge is 2.14. The van der Waals surface area contributed by atoms with Gasteiger partial charge in [0.05, 0.1) is 11.0 Å². The number of aliphatic hydroxyl groups is 1. The average Bonchev–Trinajstić information content (AvgIpc) is 2.91. The van der Waals surface area contributed by atoms with Gasteiger partial charge in [-0.2, -0.15) is 5.26 Å². The van der Waals surface area contributed by atoms with Crippen LogP contribution in [-0.4, -0.2) is 15.1 Å². The number of hydrogen-bond donors (Lipinski definition) is 2. The number of fused-ring (bicyclic) bond motifs is 1. The highest BCUT2D eigenvalue weighted by molar-refractivity contribution is 5.94. The Hall–Kier alpha value is -3.13. The normalized spacial score (nSPS) is 12.0. The number of para-hydroxylation sites is 2. The van der Waals surface area contributed by atoms with Crippen LogP contribution in [0.3, 0.4) is 0 Å². The molecule has 0 radical (unpaired) electrons. The van der Waals surface area contributed by atoms with Gasteiger partial charge in [-0.25, -0.2) is 9.37 Å². The summed E-state index contributed by atoms with van der Waals surface area (Å²) in [4.78, 5) is 7.23. The van der Waals surface area contributed by atoms with Crippen LogP contribution in [0.2, 0.25) is 0 Å². The third-order valence-electron chi connectivity index (χ3n) is 3.07. The van der Waals surface area contributed by atoms with E-state index in [2.05, 4.69) is 9.97 Å². The molecule has 0 fully saturated rings. The van der Waals surface area contributed by atoms with Gasteiger partial charge < -0.3 is 10.1 Å². The van der Waals surface area contributed by atoms with Crippen molar-refractivity contribution in [1.82, 2.24) is 9.97 Å². The molecule has 3 aromatic rings. The van der Waals surface area contributed by atoms with Crippen LogP contribution < -0.4 is 0 Å². The molecule has 4 nitrogen and oxygen atoms in total. The first-order valence-corrected chi connectivity index (χ1v) is 6.23. The molecule has 0 saturated carbocycles. The van der Waals surface area contributed by atoms with E-state index in [1.54, 1.807) is 6.07 Å². The highest BCUT2D eigenvalue weighted by Crippen LogP contribution is 2.24. The van der Waals surface area contributed by atoms with Gasteiger partial charge in [0.2, 0.25) is 0 Å². The van der Waals surface area contributed by atoms with E-state index in [-0.39, 0.29) is 22.7 Å². The molecule has 21 heavy (non-hydrogen) atoms. The van der Waals surface area contributed by atoms with Crippen molar-refractivity contribution in [1.29, 1.82) is 5.26 Å². The van der Waals surface area contributed by atoms with Gasteiger partial charge in [-0.1, -0.05) is 24.3 Å². The Kier molecular flexibility index (Phi) is 3.13. The van der Waals surface area contributed by atoms with Gasteiger partial charge in [-0.05, 0) is 24.3 Å². The van der Waals surface area contributed by atoms with Crippen molar-refractivity contribution in [3.8, 4) is 6.07 Å². The number of allylic oxidation sites excluding steroid dienone is 1. The predicted octanol–water partition coefficient (Wildman–Crippen LogP) is 3.65. The number of aliphatic hydroxyl groups excluding tert-OH is 1. The lowest BCUT2D eigenvalue weighted by Gasteiger charge is -2.02. The topological polar surface area (TPSA) is 72.7 Å². The predicted molar refractivity (Wildman–Crippen MR) is 77.5 cm³/mol. The molecule has 2 N–H and O–H groups in total. The molecule has 0 bridgehead atoms. The number of nitriles is 1. The first-order chi connectivity index (χ1) is 10.2. The van der Waals surface area contributed by atoms with Gasteiger partial charge in [-0.3, -0.25) is 0 Å². The van der Waals surface area contributed by atoms with Crippen LogP contribution in [0.15, 0.2) is 48.5 Å². The molecule has 0 saturated heterocycles. The maximum absolute atomic E-state index is 13.2. The number of nitrogens with zero attached hydrogens (tertiary/aromatic N) is 2. The molecule has 0 aliphatic rings. The number of hydrogen-bond acceptors (Lipinski definition) is 3. The second-order valence-corrected chi connectivity index (χ2v) is 4.45. The standard InChI is InChI=1S/C16H10FN3O/c17-11-5-3-4-10(8-11)15(21)12(9-18)16-19-13-6-1-2-7-14(13)20-16/h1-8,21H,(H,19,20)/b15-12+. The van der Waals surface area contributed by atoms with Crippen molar-refractivity contribution in [3.63, 3.8) is 0 Å². The molecule has 2 aromatic carbocycles. The zero-order chi connectivity index (χ0) is 14.8. The molecule has 102 valence electrons. The molecule has 0 spiro atoms. The van der Waals surface area contributed by atoms with Crippen LogP contribution in [0.1, 0.15) is 11.4 Å². The van der Waals surface area contributed by atoms with Gasteiger partial charge in [0.15, 0.2) is 5.82 Å². The molecule has 0 atom stereocenters. The molecule has 1 aromatic heterocycles. The smallest absolute Gasteiger partial charge is 0.153 e.